The van der Waals surface area contributed by atoms with Gasteiger partial charge in [-0.3, -0.25) is 37.3 Å². The molecule has 98 heavy (non-hydrogen) atoms. The van der Waals surface area contributed by atoms with Crippen LogP contribution in [0.25, 0.3) is 0 Å². The van der Waals surface area contributed by atoms with Crippen molar-refractivity contribution in [2.45, 2.75) is 420 Å². The van der Waals surface area contributed by atoms with Crippen LogP contribution < -0.4 is 0 Å². The molecular formula is C79H154O17P2. The average Bonchev–Trinajstić information content (AvgIpc) is 1.04. The van der Waals surface area contributed by atoms with E-state index in [1.165, 1.54) is 199 Å². The van der Waals surface area contributed by atoms with Crippen LogP contribution >= 0.6 is 15.6 Å². The molecule has 0 fully saturated rings. The Morgan fingerprint density at radius 3 is 0.724 bits per heavy atom. The number of aliphatic hydroxyl groups excluding tert-OH is 1. The van der Waals surface area contributed by atoms with Crippen molar-refractivity contribution in [3.63, 3.8) is 0 Å². The van der Waals surface area contributed by atoms with Crippen LogP contribution in [-0.2, 0) is 65.4 Å². The van der Waals surface area contributed by atoms with Gasteiger partial charge in [-0.25, -0.2) is 9.13 Å². The standard InChI is InChI=1S/C79H154O17P2/c1-9-71(7)57-49-41-33-25-19-17-15-13-11-12-14-16-18-20-28-36-45-53-61-78(83)95-74(65-89-76(81)59-51-43-35-27-22-21-26-34-42-50-58-72(8)10-2)67-93-97(85,86)91-63-73(80)64-92-98(87,88)94-68-75(66-90-77(82)60-52-44-38-30-32-40-48-56-70(5)6)96-79(84)62-54-46-37-29-23-24-31-39-47-55-69(3)4/h69-75,80H,9-68H2,1-8H3,(H,85,86)(H,87,88)/t71?,72?,73?,74-,75-/m1/s1. The first-order valence-corrected chi connectivity index (χ1v) is 43.8. The average molecular weight is 1440 g/mol. The van der Waals surface area contributed by atoms with Crippen LogP contribution in [0.5, 0.6) is 0 Å². The molecule has 0 aliphatic carbocycles. The number of hydrogen-bond donors (Lipinski definition) is 3. The maximum absolute atomic E-state index is 13.1. The molecule has 0 radical (unpaired) electrons. The van der Waals surface area contributed by atoms with Gasteiger partial charge in [0.2, 0.25) is 0 Å². The zero-order valence-electron chi connectivity index (χ0n) is 64.4. The van der Waals surface area contributed by atoms with Gasteiger partial charge < -0.3 is 33.8 Å². The third-order valence-electron chi connectivity index (χ3n) is 19.0. The molecule has 17 nitrogen and oxygen atoms in total. The van der Waals surface area contributed by atoms with E-state index in [1.54, 1.807) is 0 Å². The summed E-state index contributed by atoms with van der Waals surface area (Å²) in [6.45, 7) is 14.2. The molecule has 0 aromatic heterocycles. The molecule has 582 valence electrons. The molecule has 5 unspecified atom stereocenters. The number of unbranched alkanes of at least 4 members (excludes halogenated alkanes) is 40. The Balaban J connectivity index is 5.21. The second-order valence-electron chi connectivity index (χ2n) is 29.9. The molecular weight excluding hydrogens is 1280 g/mol. The number of carbonyl (C=O) groups is 4. The molecule has 0 aliphatic heterocycles. The molecule has 3 N–H and O–H groups in total. The Bertz CT molecular complexity index is 1920. The van der Waals surface area contributed by atoms with Crippen LogP contribution in [0.3, 0.4) is 0 Å². The molecule has 0 bridgehead atoms. The second kappa shape index (κ2) is 68.2. The van der Waals surface area contributed by atoms with Crippen molar-refractivity contribution in [2.24, 2.45) is 23.7 Å². The minimum absolute atomic E-state index is 0.104. The number of hydrogen-bond acceptors (Lipinski definition) is 15. The molecule has 0 aliphatic rings. The lowest BCUT2D eigenvalue weighted by Gasteiger charge is -2.21. The summed E-state index contributed by atoms with van der Waals surface area (Å²) in [5.74, 6) is 1.00. The largest absolute Gasteiger partial charge is 0.472 e. The van der Waals surface area contributed by atoms with E-state index in [4.69, 9.17) is 37.0 Å². The molecule has 7 atom stereocenters. The van der Waals surface area contributed by atoms with Crippen LogP contribution in [0.4, 0.5) is 0 Å². The van der Waals surface area contributed by atoms with Crippen molar-refractivity contribution in [1.29, 1.82) is 0 Å². The normalized spacial score (nSPS) is 14.6. The topological polar surface area (TPSA) is 237 Å². The van der Waals surface area contributed by atoms with E-state index < -0.39 is 97.5 Å². The summed E-state index contributed by atoms with van der Waals surface area (Å²) >= 11 is 0. The fourth-order valence-electron chi connectivity index (χ4n) is 12.0. The van der Waals surface area contributed by atoms with Crippen LogP contribution in [0.15, 0.2) is 0 Å². The molecule has 0 spiro atoms. The molecule has 0 rings (SSSR count). The van der Waals surface area contributed by atoms with Crippen molar-refractivity contribution in [3.8, 4) is 0 Å². The smallest absolute Gasteiger partial charge is 0.462 e. The summed E-state index contributed by atoms with van der Waals surface area (Å²) in [5.41, 5.74) is 0. The highest BCUT2D eigenvalue weighted by Gasteiger charge is 2.30. The van der Waals surface area contributed by atoms with E-state index in [9.17, 15) is 43.2 Å². The fourth-order valence-corrected chi connectivity index (χ4v) is 13.6. The van der Waals surface area contributed by atoms with Crippen molar-refractivity contribution in [3.05, 3.63) is 0 Å². The van der Waals surface area contributed by atoms with Gasteiger partial charge in [-0.15, -0.1) is 0 Å². The van der Waals surface area contributed by atoms with E-state index in [2.05, 4.69) is 55.4 Å². The minimum Gasteiger partial charge on any atom is -0.462 e. The van der Waals surface area contributed by atoms with E-state index in [-0.39, 0.29) is 25.7 Å². The van der Waals surface area contributed by atoms with E-state index in [0.29, 0.717) is 31.6 Å². The van der Waals surface area contributed by atoms with Gasteiger partial charge >= 0.3 is 39.5 Å². The van der Waals surface area contributed by atoms with Crippen molar-refractivity contribution >= 4 is 39.5 Å². The quantitative estimate of drug-likeness (QED) is 0.0222. The molecule has 19 heteroatoms. The maximum atomic E-state index is 13.1. The SMILES string of the molecule is CCC(C)CCCCCCCCCCCCCCCCCCCCC(=O)O[C@H](COC(=O)CCCCCCCCCCCCC(C)CC)COP(=O)(O)OCC(O)COP(=O)(O)OC[C@@H](COC(=O)CCCCCCCCCC(C)C)OC(=O)CCCCCCCCCCCC(C)C. The number of rotatable bonds is 76. The first-order valence-electron chi connectivity index (χ1n) is 40.8. The zero-order valence-corrected chi connectivity index (χ0v) is 66.2. The van der Waals surface area contributed by atoms with Crippen molar-refractivity contribution in [2.75, 3.05) is 39.6 Å². The zero-order chi connectivity index (χ0) is 72.4. The maximum Gasteiger partial charge on any atom is 0.472 e. The van der Waals surface area contributed by atoms with Gasteiger partial charge in [-0.1, -0.05) is 351 Å². The van der Waals surface area contributed by atoms with E-state index >= 15 is 0 Å². The van der Waals surface area contributed by atoms with Crippen molar-refractivity contribution in [1.82, 2.24) is 0 Å². The van der Waals surface area contributed by atoms with E-state index in [1.807, 2.05) is 0 Å². The molecule has 0 aromatic carbocycles. The third-order valence-corrected chi connectivity index (χ3v) is 20.9. The number of phosphoric acid groups is 2. The van der Waals surface area contributed by atoms with E-state index in [0.717, 1.165) is 114 Å². The molecule has 0 saturated heterocycles. The van der Waals surface area contributed by atoms with Crippen LogP contribution in [0.2, 0.25) is 0 Å². The molecule has 0 heterocycles. The van der Waals surface area contributed by atoms with Gasteiger partial charge in [0.25, 0.3) is 0 Å². The molecule has 0 saturated carbocycles. The Morgan fingerprint density at radius 2 is 0.490 bits per heavy atom. The lowest BCUT2D eigenvalue weighted by molar-refractivity contribution is -0.161. The Hall–Kier alpha value is -1.94. The van der Waals surface area contributed by atoms with Gasteiger partial charge in [0.05, 0.1) is 26.4 Å². The van der Waals surface area contributed by atoms with Crippen LogP contribution in [0, 0.1) is 23.7 Å². The summed E-state index contributed by atoms with van der Waals surface area (Å²) in [7, 11) is -9.92. The number of phosphoric ester groups is 2. The monoisotopic (exact) mass is 1440 g/mol. The Kier molecular flexibility index (Phi) is 66.8. The third kappa shape index (κ3) is 69.8. The van der Waals surface area contributed by atoms with Crippen LogP contribution in [0.1, 0.15) is 402 Å². The molecule has 0 aromatic rings. The predicted octanol–water partition coefficient (Wildman–Crippen LogP) is 23.2. The molecule has 0 amide bonds. The second-order valence-corrected chi connectivity index (χ2v) is 32.8. The van der Waals surface area contributed by atoms with Gasteiger partial charge in [-0.05, 0) is 49.4 Å². The van der Waals surface area contributed by atoms with Crippen molar-refractivity contribution < 1.29 is 80.2 Å². The first-order chi connectivity index (χ1) is 47.2. The summed E-state index contributed by atoms with van der Waals surface area (Å²) in [5, 5.41) is 10.6. The van der Waals surface area contributed by atoms with Gasteiger partial charge in [0, 0.05) is 25.7 Å². The van der Waals surface area contributed by atoms with Gasteiger partial charge in [0.15, 0.2) is 12.2 Å². The number of ether oxygens (including phenoxy) is 4. The highest BCUT2D eigenvalue weighted by Crippen LogP contribution is 2.45. The Morgan fingerprint density at radius 1 is 0.286 bits per heavy atom. The van der Waals surface area contributed by atoms with Crippen LogP contribution in [-0.4, -0.2) is 96.7 Å². The first kappa shape index (κ1) is 96.1. The lowest BCUT2D eigenvalue weighted by Crippen LogP contribution is -2.30. The Labute approximate surface area is 600 Å². The summed E-state index contributed by atoms with van der Waals surface area (Å²) in [6.07, 6.45) is 54.2. The highest BCUT2D eigenvalue weighted by atomic mass is 31.2. The predicted molar refractivity (Wildman–Crippen MR) is 400 cm³/mol. The van der Waals surface area contributed by atoms with Gasteiger partial charge in [0.1, 0.15) is 19.3 Å². The number of carbonyl (C=O) groups excluding carboxylic acids is 4. The minimum atomic E-state index is -4.96. The summed E-state index contributed by atoms with van der Waals surface area (Å²) in [6, 6.07) is 0. The summed E-state index contributed by atoms with van der Waals surface area (Å²) < 4.78 is 68.6. The number of aliphatic hydroxyl groups is 1. The lowest BCUT2D eigenvalue weighted by atomic mass is 9.99. The fraction of sp³-hybridized carbons (Fsp3) is 0.949. The number of esters is 4. The van der Waals surface area contributed by atoms with Gasteiger partial charge in [-0.2, -0.15) is 0 Å². The highest BCUT2D eigenvalue weighted by molar-refractivity contribution is 7.47. The summed E-state index contributed by atoms with van der Waals surface area (Å²) in [4.78, 5) is 72.9.